The van der Waals surface area contributed by atoms with Gasteiger partial charge in [-0.15, -0.1) is 0 Å². The SMILES string of the molecule is CC(C)CC(=O)Nc1ccc(NC(=O)CC2CCCC2)cc1. The number of nitrogens with one attached hydrogen (secondary N) is 2. The van der Waals surface area contributed by atoms with Crippen molar-refractivity contribution >= 4 is 23.2 Å². The van der Waals surface area contributed by atoms with Crippen molar-refractivity contribution in [3.63, 3.8) is 0 Å². The Balaban J connectivity index is 1.80. The number of rotatable bonds is 6. The first-order valence-corrected chi connectivity index (χ1v) is 8.22. The summed E-state index contributed by atoms with van der Waals surface area (Å²) in [6, 6.07) is 7.31. The van der Waals surface area contributed by atoms with E-state index in [2.05, 4.69) is 10.6 Å². The van der Waals surface area contributed by atoms with Crippen LogP contribution < -0.4 is 10.6 Å². The van der Waals surface area contributed by atoms with E-state index >= 15 is 0 Å². The van der Waals surface area contributed by atoms with Crippen LogP contribution in [0.25, 0.3) is 0 Å². The Bertz CT molecular complexity index is 502. The van der Waals surface area contributed by atoms with Gasteiger partial charge in [0.05, 0.1) is 0 Å². The molecule has 2 N–H and O–H groups in total. The van der Waals surface area contributed by atoms with E-state index in [1.54, 1.807) is 0 Å². The fraction of sp³-hybridized carbons (Fsp3) is 0.556. The first kappa shape index (κ1) is 16.5. The van der Waals surface area contributed by atoms with Crippen LogP contribution in [0.1, 0.15) is 52.4 Å². The Morgan fingerprint density at radius 3 is 2.00 bits per heavy atom. The number of carbonyl (C=O) groups excluding carboxylic acids is 2. The zero-order valence-corrected chi connectivity index (χ0v) is 13.5. The Hall–Kier alpha value is -1.84. The molecule has 1 fully saturated rings. The molecule has 0 radical (unpaired) electrons. The quantitative estimate of drug-likeness (QED) is 0.827. The highest BCUT2D eigenvalue weighted by atomic mass is 16.2. The van der Waals surface area contributed by atoms with E-state index in [-0.39, 0.29) is 11.8 Å². The number of hydrogen-bond donors (Lipinski definition) is 2. The molecule has 120 valence electrons. The predicted octanol–water partition coefficient (Wildman–Crippen LogP) is 4.19. The second-order valence-electron chi connectivity index (χ2n) is 6.63. The molecule has 1 aromatic carbocycles. The first-order valence-electron chi connectivity index (χ1n) is 8.22. The lowest BCUT2D eigenvalue weighted by molar-refractivity contribution is -0.117. The van der Waals surface area contributed by atoms with Crippen molar-refractivity contribution in [1.82, 2.24) is 0 Å². The van der Waals surface area contributed by atoms with Gasteiger partial charge < -0.3 is 10.6 Å². The number of anilines is 2. The highest BCUT2D eigenvalue weighted by Gasteiger charge is 2.18. The molecule has 0 spiro atoms. The normalized spacial score (nSPS) is 15.0. The Morgan fingerprint density at radius 1 is 1.00 bits per heavy atom. The molecule has 0 atom stereocenters. The fourth-order valence-corrected chi connectivity index (χ4v) is 2.91. The van der Waals surface area contributed by atoms with Gasteiger partial charge in [0.15, 0.2) is 0 Å². The van der Waals surface area contributed by atoms with Crippen molar-refractivity contribution in [2.24, 2.45) is 11.8 Å². The minimum atomic E-state index is 0.0213. The summed E-state index contributed by atoms with van der Waals surface area (Å²) in [6.07, 6.45) is 5.99. The fourth-order valence-electron chi connectivity index (χ4n) is 2.91. The van der Waals surface area contributed by atoms with Crippen LogP contribution >= 0.6 is 0 Å². The Kier molecular flexibility index (Phi) is 5.99. The highest BCUT2D eigenvalue weighted by molar-refractivity contribution is 5.93. The molecular formula is C18H26N2O2. The molecule has 0 heterocycles. The van der Waals surface area contributed by atoms with Crippen molar-refractivity contribution in [2.75, 3.05) is 10.6 Å². The van der Waals surface area contributed by atoms with E-state index in [0.29, 0.717) is 24.7 Å². The molecule has 2 rings (SSSR count). The van der Waals surface area contributed by atoms with Crippen molar-refractivity contribution in [2.45, 2.75) is 52.4 Å². The van der Waals surface area contributed by atoms with E-state index < -0.39 is 0 Å². The van der Waals surface area contributed by atoms with Crippen molar-refractivity contribution in [3.8, 4) is 0 Å². The average Bonchev–Trinajstić information content (AvgIpc) is 2.92. The zero-order valence-electron chi connectivity index (χ0n) is 13.5. The standard InChI is InChI=1S/C18H26N2O2/c1-13(2)11-17(21)19-15-7-9-16(10-8-15)20-18(22)12-14-5-3-4-6-14/h7-10,13-14H,3-6,11-12H2,1-2H3,(H,19,21)(H,20,22). The van der Waals surface area contributed by atoms with Gasteiger partial charge in [-0.2, -0.15) is 0 Å². The summed E-state index contributed by atoms with van der Waals surface area (Å²) in [5.41, 5.74) is 1.55. The molecule has 1 aliphatic rings. The van der Waals surface area contributed by atoms with Crippen LogP contribution in [0, 0.1) is 11.8 Å². The molecule has 1 aliphatic carbocycles. The molecule has 0 saturated heterocycles. The van der Waals surface area contributed by atoms with Crippen LogP contribution in [0.2, 0.25) is 0 Å². The van der Waals surface area contributed by atoms with Crippen molar-refractivity contribution in [1.29, 1.82) is 0 Å². The van der Waals surface area contributed by atoms with Gasteiger partial charge in [0.25, 0.3) is 0 Å². The second kappa shape index (κ2) is 7.97. The smallest absolute Gasteiger partial charge is 0.224 e. The van der Waals surface area contributed by atoms with Crippen molar-refractivity contribution < 1.29 is 9.59 Å². The summed E-state index contributed by atoms with van der Waals surface area (Å²) >= 11 is 0. The molecule has 4 nitrogen and oxygen atoms in total. The van der Waals surface area contributed by atoms with Crippen molar-refractivity contribution in [3.05, 3.63) is 24.3 Å². The Morgan fingerprint density at radius 2 is 1.50 bits per heavy atom. The van der Waals surface area contributed by atoms with E-state index in [9.17, 15) is 9.59 Å². The van der Waals surface area contributed by atoms with Gasteiger partial charge in [0.2, 0.25) is 11.8 Å². The van der Waals surface area contributed by atoms with Crippen LogP contribution in [0.4, 0.5) is 11.4 Å². The lowest BCUT2D eigenvalue weighted by atomic mass is 10.0. The molecule has 4 heteroatoms. The van der Waals surface area contributed by atoms with Gasteiger partial charge in [-0.05, 0) is 48.9 Å². The van der Waals surface area contributed by atoms with Gasteiger partial charge >= 0.3 is 0 Å². The minimum absolute atomic E-state index is 0.0213. The third-order valence-electron chi connectivity index (χ3n) is 3.99. The molecular weight excluding hydrogens is 276 g/mol. The molecule has 1 aromatic rings. The van der Waals surface area contributed by atoms with Crippen LogP contribution in [-0.2, 0) is 9.59 Å². The van der Waals surface area contributed by atoms with Gasteiger partial charge in [0, 0.05) is 24.2 Å². The van der Waals surface area contributed by atoms with E-state index in [4.69, 9.17) is 0 Å². The summed E-state index contributed by atoms with van der Waals surface area (Å²) in [4.78, 5) is 23.7. The molecule has 0 unspecified atom stereocenters. The summed E-state index contributed by atoms with van der Waals surface area (Å²) in [7, 11) is 0. The molecule has 0 aliphatic heterocycles. The predicted molar refractivity (Wildman–Crippen MR) is 89.7 cm³/mol. The minimum Gasteiger partial charge on any atom is -0.326 e. The maximum atomic E-state index is 12.0. The third kappa shape index (κ3) is 5.51. The van der Waals surface area contributed by atoms with Gasteiger partial charge in [-0.25, -0.2) is 0 Å². The number of carbonyl (C=O) groups is 2. The second-order valence-corrected chi connectivity index (χ2v) is 6.63. The summed E-state index contributed by atoms with van der Waals surface area (Å²) in [5.74, 6) is 1.00. The molecule has 0 bridgehead atoms. The summed E-state index contributed by atoms with van der Waals surface area (Å²) in [6.45, 7) is 4.03. The largest absolute Gasteiger partial charge is 0.326 e. The van der Waals surface area contributed by atoms with Crippen LogP contribution in [0.3, 0.4) is 0 Å². The van der Waals surface area contributed by atoms with Crippen LogP contribution in [0.15, 0.2) is 24.3 Å². The van der Waals surface area contributed by atoms with E-state index in [0.717, 1.165) is 11.4 Å². The lowest BCUT2D eigenvalue weighted by Crippen LogP contribution is -2.15. The summed E-state index contributed by atoms with van der Waals surface area (Å²) < 4.78 is 0. The average molecular weight is 302 g/mol. The molecule has 1 saturated carbocycles. The van der Waals surface area contributed by atoms with Crippen LogP contribution in [0.5, 0.6) is 0 Å². The van der Waals surface area contributed by atoms with Gasteiger partial charge in [0.1, 0.15) is 0 Å². The topological polar surface area (TPSA) is 58.2 Å². The Labute approximate surface area is 132 Å². The monoisotopic (exact) mass is 302 g/mol. The van der Waals surface area contributed by atoms with E-state index in [1.165, 1.54) is 25.7 Å². The van der Waals surface area contributed by atoms with Gasteiger partial charge in [-0.1, -0.05) is 26.7 Å². The zero-order chi connectivity index (χ0) is 15.9. The maximum absolute atomic E-state index is 12.0. The first-order chi connectivity index (χ1) is 10.5. The molecule has 2 amide bonds. The molecule has 0 aromatic heterocycles. The van der Waals surface area contributed by atoms with Crippen LogP contribution in [-0.4, -0.2) is 11.8 Å². The number of amides is 2. The van der Waals surface area contributed by atoms with E-state index in [1.807, 2.05) is 38.1 Å². The molecule has 22 heavy (non-hydrogen) atoms. The van der Waals surface area contributed by atoms with Gasteiger partial charge in [-0.3, -0.25) is 9.59 Å². The third-order valence-corrected chi connectivity index (χ3v) is 3.99. The summed E-state index contributed by atoms with van der Waals surface area (Å²) in [5, 5.41) is 5.79. The number of hydrogen-bond acceptors (Lipinski definition) is 2. The number of benzene rings is 1. The maximum Gasteiger partial charge on any atom is 0.224 e. The highest BCUT2D eigenvalue weighted by Crippen LogP contribution is 2.27. The lowest BCUT2D eigenvalue weighted by Gasteiger charge is -2.11.